The number of amides is 1. The van der Waals surface area contributed by atoms with Crippen LogP contribution in [0, 0.1) is 13.8 Å². The summed E-state index contributed by atoms with van der Waals surface area (Å²) < 4.78 is 1.96. The summed E-state index contributed by atoms with van der Waals surface area (Å²) in [5, 5.41) is 9.03. The highest BCUT2D eigenvalue weighted by atomic mass is 35.5. The number of carbonyl (C=O) groups is 1. The van der Waals surface area contributed by atoms with E-state index < -0.39 is 0 Å². The van der Waals surface area contributed by atoms with Crippen LogP contribution in [-0.2, 0) is 0 Å². The van der Waals surface area contributed by atoms with Gasteiger partial charge >= 0.3 is 0 Å². The fourth-order valence-electron chi connectivity index (χ4n) is 3.57. The van der Waals surface area contributed by atoms with Crippen molar-refractivity contribution in [2.75, 3.05) is 44.2 Å². The normalized spacial score (nSPS) is 20.4. The van der Waals surface area contributed by atoms with E-state index in [0.29, 0.717) is 24.8 Å². The van der Waals surface area contributed by atoms with Gasteiger partial charge < -0.3 is 15.1 Å². The minimum Gasteiger partial charge on any atom is -0.345 e. The highest BCUT2D eigenvalue weighted by Gasteiger charge is 2.26. The molecule has 4 heterocycles. The van der Waals surface area contributed by atoms with Gasteiger partial charge in [0, 0.05) is 43.8 Å². The summed E-state index contributed by atoms with van der Waals surface area (Å²) in [6.07, 6.45) is 4.22. The van der Waals surface area contributed by atoms with Crippen molar-refractivity contribution in [3.8, 4) is 0 Å². The lowest BCUT2D eigenvalue weighted by molar-refractivity contribution is 0.0739. The van der Waals surface area contributed by atoms with E-state index in [2.05, 4.69) is 27.2 Å². The molecular formula is C18H27ClN6OS. The monoisotopic (exact) mass is 410 g/mol. The van der Waals surface area contributed by atoms with E-state index in [1.807, 2.05) is 28.8 Å². The summed E-state index contributed by atoms with van der Waals surface area (Å²) in [6.45, 7) is 9.24. The second kappa shape index (κ2) is 8.58. The number of hydrogen-bond acceptors (Lipinski definition) is 6. The predicted octanol–water partition coefficient (Wildman–Crippen LogP) is 2.27. The lowest BCUT2D eigenvalue weighted by Gasteiger charge is -2.34. The summed E-state index contributed by atoms with van der Waals surface area (Å²) in [5.74, 6) is 0.0404. The van der Waals surface area contributed by atoms with Crippen LogP contribution in [0.2, 0.25) is 0 Å². The fourth-order valence-corrected chi connectivity index (χ4v) is 4.53. The Morgan fingerprint density at radius 2 is 2.04 bits per heavy atom. The molecule has 2 aromatic heterocycles. The Kier molecular flexibility index (Phi) is 6.39. The van der Waals surface area contributed by atoms with E-state index in [1.54, 1.807) is 11.3 Å². The Morgan fingerprint density at radius 1 is 1.26 bits per heavy atom. The van der Waals surface area contributed by atoms with Gasteiger partial charge in [-0.3, -0.25) is 9.48 Å². The number of piperidine rings is 1. The van der Waals surface area contributed by atoms with Gasteiger partial charge in [0.25, 0.3) is 5.91 Å². The minimum atomic E-state index is 0. The predicted molar refractivity (Wildman–Crippen MR) is 110 cm³/mol. The number of thiazole rings is 1. The molecule has 1 N–H and O–H groups in total. The molecule has 1 amide bonds. The van der Waals surface area contributed by atoms with Crippen LogP contribution < -0.4 is 10.2 Å². The first-order valence-corrected chi connectivity index (χ1v) is 10.2. The van der Waals surface area contributed by atoms with E-state index in [9.17, 15) is 4.79 Å². The molecule has 1 atom stereocenters. The Hall–Kier alpha value is -1.64. The second-order valence-corrected chi connectivity index (χ2v) is 8.28. The quantitative estimate of drug-likeness (QED) is 0.840. The number of rotatable bonds is 3. The van der Waals surface area contributed by atoms with Crippen molar-refractivity contribution >= 4 is 34.8 Å². The molecule has 0 radical (unpaired) electrons. The van der Waals surface area contributed by atoms with Crippen molar-refractivity contribution < 1.29 is 4.79 Å². The zero-order valence-corrected chi connectivity index (χ0v) is 17.5. The SMILES string of the molecule is Cc1nc(N2CCN(C(=O)c3ccn(C4CCCNC4)n3)CC2)sc1C.Cl. The Bertz CT molecular complexity index is 757. The first-order valence-electron chi connectivity index (χ1n) is 9.36. The number of carbonyl (C=O) groups excluding carboxylic acids is 1. The van der Waals surface area contributed by atoms with Crippen LogP contribution in [0.15, 0.2) is 12.3 Å². The number of anilines is 1. The fraction of sp³-hybridized carbons (Fsp3) is 0.611. The first kappa shape index (κ1) is 20.1. The summed E-state index contributed by atoms with van der Waals surface area (Å²) >= 11 is 1.74. The average molecular weight is 411 g/mol. The van der Waals surface area contributed by atoms with Crippen molar-refractivity contribution in [3.63, 3.8) is 0 Å². The molecule has 9 heteroatoms. The van der Waals surface area contributed by atoms with Crippen molar-refractivity contribution in [3.05, 3.63) is 28.5 Å². The highest BCUT2D eigenvalue weighted by molar-refractivity contribution is 7.15. The van der Waals surface area contributed by atoms with Gasteiger partial charge in [0.15, 0.2) is 5.13 Å². The Morgan fingerprint density at radius 3 is 2.67 bits per heavy atom. The van der Waals surface area contributed by atoms with Crippen LogP contribution in [-0.4, -0.2) is 64.8 Å². The number of nitrogens with one attached hydrogen (secondary N) is 1. The van der Waals surface area contributed by atoms with Crippen LogP contribution in [0.4, 0.5) is 5.13 Å². The third-order valence-corrected chi connectivity index (χ3v) is 6.46. The number of aromatic nitrogens is 3. The Labute approximate surface area is 170 Å². The Balaban J connectivity index is 0.00000210. The number of hydrogen-bond donors (Lipinski definition) is 1. The summed E-state index contributed by atoms with van der Waals surface area (Å²) in [5.41, 5.74) is 1.66. The molecule has 4 rings (SSSR count). The zero-order valence-electron chi connectivity index (χ0n) is 15.8. The molecule has 0 saturated carbocycles. The van der Waals surface area contributed by atoms with Crippen LogP contribution in [0.1, 0.15) is 39.9 Å². The number of halogens is 1. The maximum Gasteiger partial charge on any atom is 0.274 e. The standard InChI is InChI=1S/C18H26N6OS.ClH/c1-13-14(2)26-18(20-13)23-10-8-22(9-11-23)17(25)16-5-7-24(21-16)15-4-3-6-19-12-15;/h5,7,15,19H,3-4,6,8-12H2,1-2H3;1H. The molecule has 0 aromatic carbocycles. The molecule has 0 bridgehead atoms. The molecule has 2 aromatic rings. The number of nitrogens with zero attached hydrogens (tertiary/aromatic N) is 5. The maximum absolute atomic E-state index is 12.8. The molecule has 0 spiro atoms. The van der Waals surface area contributed by atoms with Gasteiger partial charge in [0.1, 0.15) is 5.69 Å². The molecule has 1 unspecified atom stereocenters. The van der Waals surface area contributed by atoms with Gasteiger partial charge in [-0.1, -0.05) is 0 Å². The number of piperazine rings is 1. The van der Waals surface area contributed by atoms with Gasteiger partial charge in [-0.2, -0.15) is 5.10 Å². The molecule has 0 aliphatic carbocycles. The molecule has 148 valence electrons. The summed E-state index contributed by atoms with van der Waals surface area (Å²) in [7, 11) is 0. The van der Waals surface area contributed by atoms with Crippen molar-refractivity contribution in [1.29, 1.82) is 0 Å². The third kappa shape index (κ3) is 4.28. The molecule has 7 nitrogen and oxygen atoms in total. The highest BCUT2D eigenvalue weighted by Crippen LogP contribution is 2.26. The van der Waals surface area contributed by atoms with Crippen molar-refractivity contribution in [2.24, 2.45) is 0 Å². The second-order valence-electron chi connectivity index (χ2n) is 7.10. The largest absolute Gasteiger partial charge is 0.345 e. The molecule has 27 heavy (non-hydrogen) atoms. The van der Waals surface area contributed by atoms with Crippen molar-refractivity contribution in [1.82, 2.24) is 25.0 Å². The van der Waals surface area contributed by atoms with Crippen LogP contribution in [0.5, 0.6) is 0 Å². The summed E-state index contributed by atoms with van der Waals surface area (Å²) in [6, 6.07) is 2.22. The van der Waals surface area contributed by atoms with E-state index in [1.165, 1.54) is 4.88 Å². The van der Waals surface area contributed by atoms with Gasteiger partial charge in [0.05, 0.1) is 11.7 Å². The van der Waals surface area contributed by atoms with E-state index in [-0.39, 0.29) is 18.3 Å². The third-order valence-electron chi connectivity index (χ3n) is 5.33. The van der Waals surface area contributed by atoms with E-state index in [4.69, 9.17) is 0 Å². The van der Waals surface area contributed by atoms with Crippen LogP contribution in [0.3, 0.4) is 0 Å². The van der Waals surface area contributed by atoms with Gasteiger partial charge in [-0.15, -0.1) is 23.7 Å². The molecule has 2 aliphatic rings. The lowest BCUT2D eigenvalue weighted by Crippen LogP contribution is -2.49. The molecule has 2 aliphatic heterocycles. The van der Waals surface area contributed by atoms with Crippen LogP contribution in [0.25, 0.3) is 0 Å². The van der Waals surface area contributed by atoms with Gasteiger partial charge in [0.2, 0.25) is 0 Å². The van der Waals surface area contributed by atoms with E-state index >= 15 is 0 Å². The van der Waals surface area contributed by atoms with Gasteiger partial charge in [-0.05, 0) is 39.3 Å². The lowest BCUT2D eigenvalue weighted by atomic mass is 10.1. The first-order chi connectivity index (χ1) is 12.6. The van der Waals surface area contributed by atoms with Gasteiger partial charge in [-0.25, -0.2) is 4.98 Å². The average Bonchev–Trinajstić information content (AvgIpc) is 3.30. The zero-order chi connectivity index (χ0) is 18.1. The minimum absolute atomic E-state index is 0. The van der Waals surface area contributed by atoms with E-state index in [0.717, 1.165) is 49.8 Å². The topological polar surface area (TPSA) is 66.3 Å². The molecule has 2 fully saturated rings. The van der Waals surface area contributed by atoms with Crippen molar-refractivity contribution in [2.45, 2.75) is 32.7 Å². The number of aryl methyl sites for hydroxylation is 2. The molecular weight excluding hydrogens is 384 g/mol. The maximum atomic E-state index is 12.8. The van der Waals surface area contributed by atoms with Crippen LogP contribution >= 0.6 is 23.7 Å². The molecule has 2 saturated heterocycles. The summed E-state index contributed by atoms with van der Waals surface area (Å²) in [4.78, 5) is 22.9. The smallest absolute Gasteiger partial charge is 0.274 e.